The maximum absolute atomic E-state index is 2.48. The van der Waals surface area contributed by atoms with Crippen molar-refractivity contribution in [3.63, 3.8) is 0 Å². The summed E-state index contributed by atoms with van der Waals surface area (Å²) in [5.41, 5.74) is 2.64. The maximum Gasteiger partial charge on any atom is 0.0684 e. The molecule has 1 aromatic carbocycles. The Morgan fingerprint density at radius 1 is 0.750 bits per heavy atom. The molecule has 3 rings (SSSR count). The normalized spacial score (nSPS) is 15.6. The molecule has 1 aliphatic rings. The van der Waals surface area contributed by atoms with Crippen LogP contribution in [0.1, 0.15) is 12.8 Å². The van der Waals surface area contributed by atoms with Crippen molar-refractivity contribution in [1.29, 1.82) is 0 Å². The predicted molar refractivity (Wildman–Crippen MR) is 67.2 cm³/mol. The lowest BCUT2D eigenvalue weighted by atomic mass is 10.2. The fourth-order valence-corrected chi connectivity index (χ4v) is 2.40. The molecule has 2 nitrogen and oxygen atoms in total. The highest BCUT2D eigenvalue weighted by atomic mass is 15.2. The lowest BCUT2D eigenvalue weighted by molar-refractivity contribution is 0.947. The fraction of sp³-hybridized carbons (Fsp3) is 0.286. The number of anilines is 1. The Hall–Kier alpha value is -1.70. The van der Waals surface area contributed by atoms with Crippen LogP contribution >= 0.6 is 0 Å². The van der Waals surface area contributed by atoms with E-state index in [0.717, 1.165) is 0 Å². The lowest BCUT2D eigenvalue weighted by Crippen LogP contribution is -2.19. The first kappa shape index (κ1) is 9.52. The summed E-state index contributed by atoms with van der Waals surface area (Å²) in [6.07, 6.45) is 6.85. The second-order valence-electron chi connectivity index (χ2n) is 4.27. The van der Waals surface area contributed by atoms with Crippen LogP contribution in [-0.2, 0) is 0 Å². The van der Waals surface area contributed by atoms with E-state index in [9.17, 15) is 0 Å². The molecule has 2 heterocycles. The van der Waals surface area contributed by atoms with Crippen LogP contribution in [0, 0.1) is 0 Å². The smallest absolute Gasteiger partial charge is 0.0684 e. The van der Waals surface area contributed by atoms with E-state index in [4.69, 9.17) is 0 Å². The minimum Gasteiger partial charge on any atom is -0.370 e. The first-order chi connectivity index (χ1) is 7.95. The van der Waals surface area contributed by atoms with Crippen molar-refractivity contribution in [2.75, 3.05) is 18.0 Å². The lowest BCUT2D eigenvalue weighted by Gasteiger charge is -2.21. The van der Waals surface area contributed by atoms with E-state index in [-0.39, 0.29) is 0 Å². The number of aromatic nitrogens is 1. The first-order valence-electron chi connectivity index (χ1n) is 5.92. The van der Waals surface area contributed by atoms with Gasteiger partial charge in [0.05, 0.1) is 11.4 Å². The molecule has 0 aliphatic carbocycles. The van der Waals surface area contributed by atoms with Crippen LogP contribution in [0.5, 0.6) is 0 Å². The van der Waals surface area contributed by atoms with E-state index >= 15 is 0 Å². The Labute approximate surface area is 96.1 Å². The fourth-order valence-electron chi connectivity index (χ4n) is 2.40. The second-order valence-corrected chi connectivity index (χ2v) is 4.27. The summed E-state index contributed by atoms with van der Waals surface area (Å²) in [7, 11) is 0. The predicted octanol–water partition coefficient (Wildman–Crippen LogP) is 3.08. The summed E-state index contributed by atoms with van der Waals surface area (Å²) in [5, 5.41) is 0. The molecule has 0 radical (unpaired) electrons. The van der Waals surface area contributed by atoms with Crippen molar-refractivity contribution >= 4 is 5.69 Å². The molecule has 1 fully saturated rings. The van der Waals surface area contributed by atoms with E-state index in [1.54, 1.807) is 0 Å². The van der Waals surface area contributed by atoms with Gasteiger partial charge in [-0.2, -0.15) is 0 Å². The summed E-state index contributed by atoms with van der Waals surface area (Å²) in [4.78, 5) is 2.48. The Morgan fingerprint density at radius 2 is 1.38 bits per heavy atom. The minimum absolute atomic E-state index is 1.19. The molecule has 1 aromatic heterocycles. The van der Waals surface area contributed by atoms with Gasteiger partial charge in [-0.3, -0.25) is 0 Å². The number of hydrogen-bond acceptors (Lipinski definition) is 1. The molecule has 0 N–H and O–H groups in total. The second kappa shape index (κ2) is 4.05. The molecule has 82 valence electrons. The van der Waals surface area contributed by atoms with Crippen molar-refractivity contribution in [2.45, 2.75) is 12.8 Å². The van der Waals surface area contributed by atoms with Gasteiger partial charge in [-0.15, -0.1) is 0 Å². The molecule has 2 heteroatoms. The van der Waals surface area contributed by atoms with Gasteiger partial charge >= 0.3 is 0 Å². The molecule has 1 saturated heterocycles. The van der Waals surface area contributed by atoms with Crippen molar-refractivity contribution in [1.82, 2.24) is 4.57 Å². The number of nitrogens with zero attached hydrogens (tertiary/aromatic N) is 2. The molecular weight excluding hydrogens is 196 g/mol. The van der Waals surface area contributed by atoms with Gasteiger partial charge in [0.2, 0.25) is 0 Å². The van der Waals surface area contributed by atoms with E-state index in [1.807, 2.05) is 0 Å². The maximum atomic E-state index is 2.48. The van der Waals surface area contributed by atoms with Crippen LogP contribution < -0.4 is 4.90 Å². The molecule has 16 heavy (non-hydrogen) atoms. The molecule has 0 amide bonds. The van der Waals surface area contributed by atoms with Crippen molar-refractivity contribution in [3.05, 3.63) is 48.8 Å². The molecular formula is C14H16N2. The highest BCUT2D eigenvalue weighted by Gasteiger charge is 2.15. The van der Waals surface area contributed by atoms with Crippen LogP contribution in [0.4, 0.5) is 5.69 Å². The summed E-state index contributed by atoms with van der Waals surface area (Å²) < 4.78 is 2.19. The van der Waals surface area contributed by atoms with Crippen LogP contribution in [0.2, 0.25) is 0 Å². The standard InChI is InChI=1S/C14H16N2/c1-2-8-14(16-11-5-6-12-16)13(7-1)15-9-3-4-10-15/h1-4,7-10H,5-6,11-12H2. The van der Waals surface area contributed by atoms with Gasteiger partial charge in [-0.1, -0.05) is 12.1 Å². The number of benzene rings is 1. The zero-order valence-electron chi connectivity index (χ0n) is 9.34. The van der Waals surface area contributed by atoms with Gasteiger partial charge in [0.25, 0.3) is 0 Å². The molecule has 0 unspecified atom stereocenters. The topological polar surface area (TPSA) is 8.17 Å². The third kappa shape index (κ3) is 1.60. The van der Waals surface area contributed by atoms with E-state index in [2.05, 4.69) is 58.3 Å². The average molecular weight is 212 g/mol. The Kier molecular flexibility index (Phi) is 2.41. The molecule has 0 bridgehead atoms. The third-order valence-electron chi connectivity index (χ3n) is 3.21. The number of para-hydroxylation sites is 2. The average Bonchev–Trinajstić information content (AvgIpc) is 3.03. The molecule has 2 aromatic rings. The molecule has 0 atom stereocenters. The van der Waals surface area contributed by atoms with Crippen molar-refractivity contribution < 1.29 is 0 Å². The van der Waals surface area contributed by atoms with Crippen molar-refractivity contribution in [3.8, 4) is 5.69 Å². The summed E-state index contributed by atoms with van der Waals surface area (Å²) in [6, 6.07) is 12.8. The third-order valence-corrected chi connectivity index (χ3v) is 3.21. The monoisotopic (exact) mass is 212 g/mol. The van der Waals surface area contributed by atoms with Gasteiger partial charge in [0.15, 0.2) is 0 Å². The van der Waals surface area contributed by atoms with Gasteiger partial charge in [-0.05, 0) is 37.1 Å². The van der Waals surface area contributed by atoms with E-state index in [0.29, 0.717) is 0 Å². The zero-order chi connectivity index (χ0) is 10.8. The molecule has 0 saturated carbocycles. The highest BCUT2D eigenvalue weighted by Crippen LogP contribution is 2.27. The van der Waals surface area contributed by atoms with Gasteiger partial charge in [-0.25, -0.2) is 0 Å². The first-order valence-corrected chi connectivity index (χ1v) is 5.92. The number of hydrogen-bond donors (Lipinski definition) is 0. The zero-order valence-corrected chi connectivity index (χ0v) is 9.34. The quantitative estimate of drug-likeness (QED) is 0.742. The highest BCUT2D eigenvalue weighted by molar-refractivity contribution is 5.63. The van der Waals surface area contributed by atoms with E-state index < -0.39 is 0 Å². The Bertz CT molecular complexity index is 453. The largest absolute Gasteiger partial charge is 0.370 e. The summed E-state index contributed by atoms with van der Waals surface area (Å²) in [5.74, 6) is 0. The van der Waals surface area contributed by atoms with Gasteiger partial charge in [0, 0.05) is 25.5 Å². The van der Waals surface area contributed by atoms with Crippen LogP contribution in [-0.4, -0.2) is 17.7 Å². The Morgan fingerprint density at radius 3 is 2.06 bits per heavy atom. The molecule has 1 aliphatic heterocycles. The minimum atomic E-state index is 1.19. The Balaban J connectivity index is 2.04. The summed E-state index contributed by atoms with van der Waals surface area (Å²) in [6.45, 7) is 2.39. The van der Waals surface area contributed by atoms with Crippen LogP contribution in [0.25, 0.3) is 5.69 Å². The SMILES string of the molecule is c1ccc(-n2cccc2)c(N2CCCC2)c1. The molecule has 0 spiro atoms. The summed E-state index contributed by atoms with van der Waals surface area (Å²) >= 11 is 0. The number of rotatable bonds is 2. The van der Waals surface area contributed by atoms with Crippen molar-refractivity contribution in [2.24, 2.45) is 0 Å². The van der Waals surface area contributed by atoms with E-state index in [1.165, 1.54) is 37.3 Å². The van der Waals surface area contributed by atoms with Gasteiger partial charge < -0.3 is 9.47 Å². The van der Waals surface area contributed by atoms with Crippen LogP contribution in [0.15, 0.2) is 48.8 Å². The van der Waals surface area contributed by atoms with Crippen LogP contribution in [0.3, 0.4) is 0 Å². The van der Waals surface area contributed by atoms with Gasteiger partial charge in [0.1, 0.15) is 0 Å².